The Kier molecular flexibility index (Phi) is 8.26. The Balaban J connectivity index is 2.05. The lowest BCUT2D eigenvalue weighted by atomic mass is 10.1. The normalized spacial score (nSPS) is 14.1. The van der Waals surface area contributed by atoms with E-state index in [2.05, 4.69) is 26.1 Å². The molecule has 3 nitrogen and oxygen atoms in total. The minimum absolute atomic E-state index is 0.263. The van der Waals surface area contributed by atoms with E-state index in [1.807, 2.05) is 30.3 Å². The molecule has 0 fully saturated rings. The van der Waals surface area contributed by atoms with Gasteiger partial charge >= 0.3 is 0 Å². The first kappa shape index (κ1) is 16.0. The molecule has 0 saturated carbocycles. The van der Waals surface area contributed by atoms with Crippen molar-refractivity contribution in [3.8, 4) is 5.75 Å². The Bertz CT molecular complexity index is 316. The first-order chi connectivity index (χ1) is 9.22. The topological polar surface area (TPSA) is 30.5 Å². The Morgan fingerprint density at radius 3 is 2.53 bits per heavy atom. The predicted molar refractivity (Wildman–Crippen MR) is 79.7 cm³/mol. The van der Waals surface area contributed by atoms with Crippen LogP contribution >= 0.6 is 0 Å². The molecule has 1 aromatic carbocycles. The first-order valence-corrected chi connectivity index (χ1v) is 7.25. The second-order valence-corrected chi connectivity index (χ2v) is 4.93. The number of hydrogen-bond acceptors (Lipinski definition) is 3. The van der Waals surface area contributed by atoms with Crippen LogP contribution in [0.5, 0.6) is 5.75 Å². The van der Waals surface area contributed by atoms with E-state index in [0.717, 1.165) is 18.7 Å². The maximum atomic E-state index is 5.75. The summed E-state index contributed by atoms with van der Waals surface area (Å²) in [5, 5.41) is 3.47. The zero-order chi connectivity index (χ0) is 13.9. The van der Waals surface area contributed by atoms with Crippen molar-refractivity contribution in [3.05, 3.63) is 30.3 Å². The Labute approximate surface area is 117 Å². The number of rotatable bonds is 10. The molecule has 0 bridgehead atoms. The molecule has 0 amide bonds. The van der Waals surface area contributed by atoms with Crippen molar-refractivity contribution >= 4 is 0 Å². The van der Waals surface area contributed by atoms with Crippen molar-refractivity contribution in [2.24, 2.45) is 0 Å². The van der Waals surface area contributed by atoms with Crippen LogP contribution in [0.15, 0.2) is 30.3 Å². The number of para-hydroxylation sites is 1. The average molecular weight is 265 g/mol. The van der Waals surface area contributed by atoms with Gasteiger partial charge in [0.15, 0.2) is 0 Å². The maximum Gasteiger partial charge on any atom is 0.119 e. The van der Waals surface area contributed by atoms with Crippen LogP contribution in [0, 0.1) is 0 Å². The quantitative estimate of drug-likeness (QED) is 0.659. The molecule has 1 rings (SSSR count). The van der Waals surface area contributed by atoms with E-state index >= 15 is 0 Å². The highest BCUT2D eigenvalue weighted by molar-refractivity contribution is 5.20. The SMILES string of the molecule is CCCNC(C)CC(C)OCCOc1ccccc1. The van der Waals surface area contributed by atoms with Gasteiger partial charge in [0, 0.05) is 6.04 Å². The molecule has 0 radical (unpaired) electrons. The largest absolute Gasteiger partial charge is 0.491 e. The Morgan fingerprint density at radius 1 is 1.11 bits per heavy atom. The fourth-order valence-electron chi connectivity index (χ4n) is 1.97. The van der Waals surface area contributed by atoms with Crippen LogP contribution in [0.4, 0.5) is 0 Å². The van der Waals surface area contributed by atoms with E-state index < -0.39 is 0 Å². The summed E-state index contributed by atoms with van der Waals surface area (Å²) in [7, 11) is 0. The molecule has 0 saturated heterocycles. The molecule has 0 aliphatic carbocycles. The molecule has 1 aromatic rings. The summed E-state index contributed by atoms with van der Waals surface area (Å²) in [5.74, 6) is 0.900. The predicted octanol–water partition coefficient (Wildman–Crippen LogP) is 3.25. The van der Waals surface area contributed by atoms with Crippen molar-refractivity contribution < 1.29 is 9.47 Å². The third kappa shape index (κ3) is 7.85. The van der Waals surface area contributed by atoms with Crippen LogP contribution in [0.25, 0.3) is 0 Å². The van der Waals surface area contributed by atoms with Crippen molar-refractivity contribution in [3.63, 3.8) is 0 Å². The van der Waals surface area contributed by atoms with Crippen molar-refractivity contribution in [2.75, 3.05) is 19.8 Å². The molecule has 2 atom stereocenters. The van der Waals surface area contributed by atoms with E-state index in [0.29, 0.717) is 19.3 Å². The van der Waals surface area contributed by atoms with Gasteiger partial charge in [0.2, 0.25) is 0 Å². The van der Waals surface area contributed by atoms with Crippen molar-refractivity contribution in [2.45, 2.75) is 45.8 Å². The molecule has 19 heavy (non-hydrogen) atoms. The van der Waals surface area contributed by atoms with Gasteiger partial charge in [-0.1, -0.05) is 25.1 Å². The van der Waals surface area contributed by atoms with Gasteiger partial charge in [-0.2, -0.15) is 0 Å². The highest BCUT2D eigenvalue weighted by Crippen LogP contribution is 2.08. The fourth-order valence-corrected chi connectivity index (χ4v) is 1.97. The third-order valence-corrected chi connectivity index (χ3v) is 2.93. The molecular formula is C16H27NO2. The summed E-state index contributed by atoms with van der Waals surface area (Å²) in [6.07, 6.45) is 2.47. The van der Waals surface area contributed by atoms with Crippen LogP contribution in [-0.4, -0.2) is 31.9 Å². The molecular weight excluding hydrogens is 238 g/mol. The van der Waals surface area contributed by atoms with Crippen LogP contribution in [0.2, 0.25) is 0 Å². The highest BCUT2D eigenvalue weighted by Gasteiger charge is 2.08. The van der Waals surface area contributed by atoms with E-state index in [1.54, 1.807) is 0 Å². The molecule has 0 spiro atoms. The molecule has 1 N–H and O–H groups in total. The lowest BCUT2D eigenvalue weighted by Gasteiger charge is -2.19. The highest BCUT2D eigenvalue weighted by atomic mass is 16.5. The first-order valence-electron chi connectivity index (χ1n) is 7.25. The van der Waals surface area contributed by atoms with Crippen LogP contribution < -0.4 is 10.1 Å². The lowest BCUT2D eigenvalue weighted by molar-refractivity contribution is 0.0351. The lowest BCUT2D eigenvalue weighted by Crippen LogP contribution is -2.31. The van der Waals surface area contributed by atoms with Gasteiger partial charge in [0.1, 0.15) is 12.4 Å². The molecule has 0 aromatic heterocycles. The third-order valence-electron chi connectivity index (χ3n) is 2.93. The number of nitrogens with one attached hydrogen (secondary N) is 1. The zero-order valence-corrected chi connectivity index (χ0v) is 12.4. The van der Waals surface area contributed by atoms with Gasteiger partial charge in [0.25, 0.3) is 0 Å². The Hall–Kier alpha value is -1.06. The van der Waals surface area contributed by atoms with E-state index in [-0.39, 0.29) is 6.10 Å². The monoisotopic (exact) mass is 265 g/mol. The minimum Gasteiger partial charge on any atom is -0.491 e. The molecule has 3 heteroatoms. The maximum absolute atomic E-state index is 5.75. The average Bonchev–Trinajstić information content (AvgIpc) is 2.42. The van der Waals surface area contributed by atoms with Gasteiger partial charge in [-0.15, -0.1) is 0 Å². The summed E-state index contributed by atoms with van der Waals surface area (Å²) >= 11 is 0. The van der Waals surface area contributed by atoms with E-state index in [9.17, 15) is 0 Å². The minimum atomic E-state index is 0.263. The van der Waals surface area contributed by atoms with Crippen molar-refractivity contribution in [1.82, 2.24) is 5.32 Å². The van der Waals surface area contributed by atoms with Gasteiger partial charge in [-0.25, -0.2) is 0 Å². The summed E-state index contributed by atoms with van der Waals surface area (Å²) in [4.78, 5) is 0. The van der Waals surface area contributed by atoms with Crippen LogP contribution in [0.1, 0.15) is 33.6 Å². The van der Waals surface area contributed by atoms with Crippen LogP contribution in [-0.2, 0) is 4.74 Å². The fraction of sp³-hybridized carbons (Fsp3) is 0.625. The van der Waals surface area contributed by atoms with E-state index in [1.165, 1.54) is 6.42 Å². The Morgan fingerprint density at radius 2 is 1.84 bits per heavy atom. The molecule has 0 aliphatic heterocycles. The molecule has 0 heterocycles. The number of benzene rings is 1. The number of hydrogen-bond donors (Lipinski definition) is 1. The van der Waals surface area contributed by atoms with Gasteiger partial charge in [-0.3, -0.25) is 0 Å². The molecule has 108 valence electrons. The van der Waals surface area contributed by atoms with Gasteiger partial charge < -0.3 is 14.8 Å². The van der Waals surface area contributed by atoms with E-state index in [4.69, 9.17) is 9.47 Å². The second-order valence-electron chi connectivity index (χ2n) is 4.93. The number of ether oxygens (including phenoxy) is 2. The summed E-state index contributed by atoms with van der Waals surface area (Å²) in [6.45, 7) is 8.82. The van der Waals surface area contributed by atoms with Gasteiger partial charge in [-0.05, 0) is 45.4 Å². The second kappa shape index (κ2) is 9.82. The molecule has 2 unspecified atom stereocenters. The standard InChI is InChI=1S/C16H27NO2/c1-4-10-17-14(2)13-15(3)18-11-12-19-16-8-6-5-7-9-16/h5-9,14-15,17H,4,10-13H2,1-3H3. The smallest absolute Gasteiger partial charge is 0.119 e. The summed E-state index contributed by atoms with van der Waals surface area (Å²) in [5.41, 5.74) is 0. The van der Waals surface area contributed by atoms with Crippen molar-refractivity contribution in [1.29, 1.82) is 0 Å². The van der Waals surface area contributed by atoms with Gasteiger partial charge in [0.05, 0.1) is 12.7 Å². The zero-order valence-electron chi connectivity index (χ0n) is 12.4. The molecule has 0 aliphatic rings. The summed E-state index contributed by atoms with van der Waals surface area (Å²) in [6, 6.07) is 10.3. The summed E-state index contributed by atoms with van der Waals surface area (Å²) < 4.78 is 11.3. The van der Waals surface area contributed by atoms with Crippen LogP contribution in [0.3, 0.4) is 0 Å².